The summed E-state index contributed by atoms with van der Waals surface area (Å²) in [6.07, 6.45) is 0. The molecule has 0 fully saturated rings. The molecule has 132 valence electrons. The highest BCUT2D eigenvalue weighted by molar-refractivity contribution is 5.79. The van der Waals surface area contributed by atoms with E-state index in [2.05, 4.69) is 9.97 Å². The summed E-state index contributed by atoms with van der Waals surface area (Å²) in [5, 5.41) is 0.600. The second kappa shape index (κ2) is 5.36. The van der Waals surface area contributed by atoms with Gasteiger partial charge in [0.2, 0.25) is 0 Å². The van der Waals surface area contributed by atoms with Gasteiger partial charge in [-0.1, -0.05) is 41.5 Å². The average Bonchev–Trinajstić information content (AvgIpc) is 2.33. The highest BCUT2D eigenvalue weighted by Crippen LogP contribution is 2.32. The molecular weight excluding hydrogens is 305 g/mol. The van der Waals surface area contributed by atoms with Crippen molar-refractivity contribution in [3.8, 4) is 0 Å². The Labute approximate surface area is 143 Å². The predicted molar refractivity (Wildman–Crippen MR) is 96.2 cm³/mol. The van der Waals surface area contributed by atoms with Gasteiger partial charge in [-0.25, -0.2) is 14.2 Å². The van der Waals surface area contributed by atoms with Gasteiger partial charge in [0.05, 0.1) is 11.4 Å². The number of hydrogen-bond acceptors (Lipinski definition) is 3. The Morgan fingerprint density at radius 1 is 0.875 bits per heavy atom. The molecule has 24 heavy (non-hydrogen) atoms. The molecule has 0 saturated carbocycles. The topological polar surface area (TPSA) is 47.8 Å². The Morgan fingerprint density at radius 3 is 1.79 bits per heavy atom. The van der Waals surface area contributed by atoms with Crippen molar-refractivity contribution in [1.29, 1.82) is 0 Å². The second-order valence-electron chi connectivity index (χ2n) is 9.44. The van der Waals surface area contributed by atoms with Crippen molar-refractivity contribution >= 4 is 11.0 Å². The standard InChI is InChI=1S/C19H28FN3O/c1-17(2,3)13-11-10-12(20)14(18(4,5)6)21-15(11)23(16(24)22-13)19(7,8)9/h10H,1-9H3. The van der Waals surface area contributed by atoms with Crippen LogP contribution in [0.4, 0.5) is 4.39 Å². The number of rotatable bonds is 0. The van der Waals surface area contributed by atoms with Crippen LogP contribution in [0.1, 0.15) is 73.7 Å². The smallest absolute Gasteiger partial charge is 0.271 e. The summed E-state index contributed by atoms with van der Waals surface area (Å²) in [4.78, 5) is 21.6. The zero-order valence-corrected chi connectivity index (χ0v) is 16.2. The van der Waals surface area contributed by atoms with Gasteiger partial charge in [0.1, 0.15) is 11.5 Å². The first kappa shape index (κ1) is 18.6. The Bertz CT molecular complexity index is 846. The van der Waals surface area contributed by atoms with Gasteiger partial charge in [-0.3, -0.25) is 4.57 Å². The van der Waals surface area contributed by atoms with E-state index in [1.54, 1.807) is 4.57 Å². The normalized spacial score (nSPS) is 13.6. The zero-order valence-electron chi connectivity index (χ0n) is 16.2. The third-order valence-electron chi connectivity index (χ3n) is 3.91. The first-order valence-electron chi connectivity index (χ1n) is 8.29. The number of nitrogens with zero attached hydrogens (tertiary/aromatic N) is 3. The van der Waals surface area contributed by atoms with E-state index in [9.17, 15) is 9.18 Å². The predicted octanol–water partition coefficient (Wildman–Crippen LogP) is 4.28. The van der Waals surface area contributed by atoms with Crippen LogP contribution in [0.15, 0.2) is 10.9 Å². The molecule has 0 radical (unpaired) electrons. The lowest BCUT2D eigenvalue weighted by atomic mass is 9.87. The molecule has 0 atom stereocenters. The molecule has 0 spiro atoms. The summed E-state index contributed by atoms with van der Waals surface area (Å²) in [6.45, 7) is 17.4. The van der Waals surface area contributed by atoms with E-state index < -0.39 is 11.0 Å². The molecule has 2 heterocycles. The molecule has 4 nitrogen and oxygen atoms in total. The van der Waals surface area contributed by atoms with Gasteiger partial charge >= 0.3 is 5.69 Å². The van der Waals surface area contributed by atoms with Gasteiger partial charge in [-0.15, -0.1) is 0 Å². The van der Waals surface area contributed by atoms with E-state index in [1.165, 1.54) is 6.07 Å². The van der Waals surface area contributed by atoms with Crippen LogP contribution in [0.3, 0.4) is 0 Å². The summed E-state index contributed by atoms with van der Waals surface area (Å²) in [6, 6.07) is 1.48. The van der Waals surface area contributed by atoms with Gasteiger partial charge in [0.15, 0.2) is 0 Å². The van der Waals surface area contributed by atoms with Crippen LogP contribution >= 0.6 is 0 Å². The Kier molecular flexibility index (Phi) is 4.15. The second-order valence-corrected chi connectivity index (χ2v) is 9.44. The van der Waals surface area contributed by atoms with Crippen molar-refractivity contribution in [1.82, 2.24) is 14.5 Å². The molecule has 0 aliphatic carbocycles. The third kappa shape index (κ3) is 3.21. The quantitative estimate of drug-likeness (QED) is 0.723. The van der Waals surface area contributed by atoms with E-state index >= 15 is 0 Å². The fourth-order valence-electron chi connectivity index (χ4n) is 2.82. The number of hydrogen-bond donors (Lipinski definition) is 0. The van der Waals surface area contributed by atoms with Crippen molar-refractivity contribution < 1.29 is 4.39 Å². The van der Waals surface area contributed by atoms with E-state index in [0.29, 0.717) is 22.4 Å². The van der Waals surface area contributed by atoms with E-state index in [1.807, 2.05) is 62.3 Å². The number of fused-ring (bicyclic) bond motifs is 1. The molecule has 0 aliphatic rings. The van der Waals surface area contributed by atoms with Crippen molar-refractivity contribution in [2.75, 3.05) is 0 Å². The zero-order chi connectivity index (χ0) is 18.7. The van der Waals surface area contributed by atoms with Gasteiger partial charge in [0, 0.05) is 21.8 Å². The Morgan fingerprint density at radius 2 is 1.38 bits per heavy atom. The lowest BCUT2D eigenvalue weighted by Crippen LogP contribution is -2.38. The summed E-state index contributed by atoms with van der Waals surface area (Å²) in [5.74, 6) is -0.360. The molecular formula is C19H28FN3O. The first-order valence-corrected chi connectivity index (χ1v) is 8.29. The number of aromatic nitrogens is 3. The minimum absolute atomic E-state index is 0.348. The third-order valence-corrected chi connectivity index (χ3v) is 3.91. The maximum atomic E-state index is 14.7. The lowest BCUT2D eigenvalue weighted by molar-refractivity contribution is 0.384. The Hall–Kier alpha value is -1.78. The fourth-order valence-corrected chi connectivity index (χ4v) is 2.82. The van der Waals surface area contributed by atoms with Crippen molar-refractivity contribution in [3.05, 3.63) is 33.8 Å². The molecule has 0 aliphatic heterocycles. The number of pyridine rings is 1. The van der Waals surface area contributed by atoms with Crippen LogP contribution in [0, 0.1) is 5.82 Å². The highest BCUT2D eigenvalue weighted by Gasteiger charge is 2.29. The van der Waals surface area contributed by atoms with Gasteiger partial charge in [-0.2, -0.15) is 4.98 Å². The monoisotopic (exact) mass is 333 g/mol. The summed E-state index contributed by atoms with van der Waals surface area (Å²) in [7, 11) is 0. The fraction of sp³-hybridized carbons (Fsp3) is 0.632. The van der Waals surface area contributed by atoms with Gasteiger partial charge in [-0.05, 0) is 26.8 Å². The van der Waals surface area contributed by atoms with Crippen molar-refractivity contribution in [3.63, 3.8) is 0 Å². The first-order chi connectivity index (χ1) is 10.6. The lowest BCUT2D eigenvalue weighted by Gasteiger charge is -2.28. The van der Waals surface area contributed by atoms with Crippen LogP contribution in [0.25, 0.3) is 11.0 Å². The van der Waals surface area contributed by atoms with Crippen molar-refractivity contribution in [2.45, 2.75) is 78.7 Å². The van der Waals surface area contributed by atoms with Gasteiger partial charge in [0.25, 0.3) is 0 Å². The molecule has 2 aromatic heterocycles. The van der Waals surface area contributed by atoms with Crippen molar-refractivity contribution in [2.24, 2.45) is 0 Å². The minimum Gasteiger partial charge on any atom is -0.271 e. The van der Waals surface area contributed by atoms with Crippen LogP contribution in [-0.2, 0) is 16.4 Å². The van der Waals surface area contributed by atoms with Crippen LogP contribution in [0.2, 0.25) is 0 Å². The molecule has 2 rings (SSSR count). The average molecular weight is 333 g/mol. The largest absolute Gasteiger partial charge is 0.349 e. The number of halogens is 1. The summed E-state index contributed by atoms with van der Waals surface area (Å²) < 4.78 is 16.3. The maximum absolute atomic E-state index is 14.7. The molecule has 2 aromatic rings. The Balaban J connectivity index is 3.10. The van der Waals surface area contributed by atoms with Crippen LogP contribution < -0.4 is 5.69 Å². The molecule has 0 unspecified atom stereocenters. The van der Waals surface area contributed by atoms with E-state index in [4.69, 9.17) is 0 Å². The minimum atomic E-state index is -0.501. The molecule has 0 N–H and O–H groups in total. The maximum Gasteiger partial charge on any atom is 0.349 e. The van der Waals surface area contributed by atoms with Crippen LogP contribution in [-0.4, -0.2) is 14.5 Å². The highest BCUT2D eigenvalue weighted by atomic mass is 19.1. The SMILES string of the molecule is CC(C)(C)c1nc2c(cc1F)c(C(C)(C)C)nc(=O)n2C(C)(C)C. The molecule has 0 aromatic carbocycles. The molecule has 5 heteroatoms. The molecule has 0 amide bonds. The molecule has 0 bridgehead atoms. The van der Waals surface area contributed by atoms with E-state index in [0.717, 1.165) is 0 Å². The van der Waals surface area contributed by atoms with Gasteiger partial charge < -0.3 is 0 Å². The van der Waals surface area contributed by atoms with Crippen LogP contribution in [0.5, 0.6) is 0 Å². The summed E-state index contributed by atoms with van der Waals surface area (Å²) >= 11 is 0. The molecule has 0 saturated heterocycles. The summed E-state index contributed by atoms with van der Waals surface area (Å²) in [5.41, 5.74) is -0.252. The van der Waals surface area contributed by atoms with E-state index in [-0.39, 0.29) is 16.9 Å².